The molecule has 0 saturated heterocycles. The van der Waals surface area contributed by atoms with Gasteiger partial charge in [0.2, 0.25) is 5.88 Å². The van der Waals surface area contributed by atoms with Crippen LogP contribution in [0.2, 0.25) is 5.02 Å². The number of rotatable bonds is 5. The van der Waals surface area contributed by atoms with E-state index in [1.54, 1.807) is 6.07 Å². The van der Waals surface area contributed by atoms with Crippen molar-refractivity contribution in [2.75, 3.05) is 11.9 Å². The van der Waals surface area contributed by atoms with Crippen LogP contribution in [0.15, 0.2) is 24.5 Å². The summed E-state index contributed by atoms with van der Waals surface area (Å²) in [7, 11) is 0. The smallest absolute Gasteiger partial charge is 0.227 e. The summed E-state index contributed by atoms with van der Waals surface area (Å²) in [5.41, 5.74) is 1.90. The lowest BCUT2D eigenvalue weighted by atomic mass is 10.2. The Morgan fingerprint density at radius 1 is 1.25 bits per heavy atom. The maximum Gasteiger partial charge on any atom is 0.227 e. The molecule has 0 unspecified atom stereocenters. The first-order valence-electron chi connectivity index (χ1n) is 6.61. The van der Waals surface area contributed by atoms with E-state index < -0.39 is 0 Å². The van der Waals surface area contributed by atoms with Crippen molar-refractivity contribution in [3.63, 3.8) is 0 Å². The van der Waals surface area contributed by atoms with E-state index in [0.29, 0.717) is 16.7 Å². The summed E-state index contributed by atoms with van der Waals surface area (Å²) in [4.78, 5) is 8.43. The van der Waals surface area contributed by atoms with E-state index in [9.17, 15) is 0 Å². The maximum atomic E-state index is 6.00. The fourth-order valence-electron chi connectivity index (χ4n) is 1.75. The zero-order chi connectivity index (χ0) is 14.5. The molecule has 0 aliphatic heterocycles. The number of nitrogens with one attached hydrogen (secondary N) is 1. The Morgan fingerprint density at radius 2 is 2.05 bits per heavy atom. The lowest BCUT2D eigenvalue weighted by Crippen LogP contribution is -2.05. The van der Waals surface area contributed by atoms with Crippen molar-refractivity contribution in [1.82, 2.24) is 9.97 Å². The predicted molar refractivity (Wildman–Crippen MR) is 81.8 cm³/mol. The Morgan fingerprint density at radius 3 is 2.80 bits per heavy atom. The highest BCUT2D eigenvalue weighted by atomic mass is 35.5. The number of ether oxygens (including phenoxy) is 1. The van der Waals surface area contributed by atoms with Gasteiger partial charge in [-0.3, -0.25) is 0 Å². The van der Waals surface area contributed by atoms with Gasteiger partial charge in [0.25, 0.3) is 0 Å². The molecule has 0 amide bonds. The number of aryl methyl sites for hydroxylation is 1. The second-order valence-electron chi connectivity index (χ2n) is 4.59. The SMILES string of the molecule is CCCNc1ncnc(Oc2cc(Cl)ccc2C)c1C. The van der Waals surface area contributed by atoms with Crippen LogP contribution in [0.25, 0.3) is 0 Å². The summed E-state index contributed by atoms with van der Waals surface area (Å²) < 4.78 is 5.87. The van der Waals surface area contributed by atoms with Crippen LogP contribution in [-0.2, 0) is 0 Å². The molecule has 2 aromatic rings. The zero-order valence-corrected chi connectivity index (χ0v) is 12.7. The Hall–Kier alpha value is -1.81. The molecule has 1 aromatic heterocycles. The maximum absolute atomic E-state index is 6.00. The van der Waals surface area contributed by atoms with Gasteiger partial charge >= 0.3 is 0 Å². The normalized spacial score (nSPS) is 10.4. The van der Waals surface area contributed by atoms with Crippen molar-refractivity contribution in [1.29, 1.82) is 0 Å². The molecule has 0 fully saturated rings. The van der Waals surface area contributed by atoms with E-state index in [1.165, 1.54) is 6.33 Å². The van der Waals surface area contributed by atoms with Crippen LogP contribution in [0.4, 0.5) is 5.82 Å². The van der Waals surface area contributed by atoms with Gasteiger partial charge in [-0.05, 0) is 38.0 Å². The van der Waals surface area contributed by atoms with E-state index in [2.05, 4.69) is 22.2 Å². The van der Waals surface area contributed by atoms with Crippen LogP contribution >= 0.6 is 11.6 Å². The first kappa shape index (κ1) is 14.6. The van der Waals surface area contributed by atoms with Crippen LogP contribution in [0.3, 0.4) is 0 Å². The van der Waals surface area contributed by atoms with Crippen LogP contribution in [0, 0.1) is 13.8 Å². The van der Waals surface area contributed by atoms with Crippen molar-refractivity contribution in [3.8, 4) is 11.6 Å². The molecular formula is C15H18ClN3O. The Labute approximate surface area is 124 Å². The number of aromatic nitrogens is 2. The van der Waals surface area contributed by atoms with E-state index >= 15 is 0 Å². The number of halogens is 1. The first-order chi connectivity index (χ1) is 9.61. The van der Waals surface area contributed by atoms with Gasteiger partial charge in [0.1, 0.15) is 17.9 Å². The van der Waals surface area contributed by atoms with Gasteiger partial charge in [-0.25, -0.2) is 9.97 Å². The average molecular weight is 292 g/mol. The minimum Gasteiger partial charge on any atom is -0.438 e. The second kappa shape index (κ2) is 6.57. The molecule has 0 bridgehead atoms. The molecule has 0 saturated carbocycles. The van der Waals surface area contributed by atoms with E-state index in [0.717, 1.165) is 29.9 Å². The van der Waals surface area contributed by atoms with Gasteiger partial charge in [-0.15, -0.1) is 0 Å². The van der Waals surface area contributed by atoms with Gasteiger partial charge in [-0.1, -0.05) is 24.6 Å². The number of benzene rings is 1. The Bertz CT molecular complexity index is 602. The fraction of sp³-hybridized carbons (Fsp3) is 0.333. The average Bonchev–Trinajstić information content (AvgIpc) is 2.44. The molecule has 20 heavy (non-hydrogen) atoms. The van der Waals surface area contributed by atoms with Crippen molar-refractivity contribution in [2.24, 2.45) is 0 Å². The third kappa shape index (κ3) is 3.39. The summed E-state index contributed by atoms with van der Waals surface area (Å²) in [5, 5.41) is 3.90. The third-order valence-electron chi connectivity index (χ3n) is 2.94. The third-order valence-corrected chi connectivity index (χ3v) is 3.17. The Kier molecular flexibility index (Phi) is 4.79. The van der Waals surface area contributed by atoms with Gasteiger partial charge < -0.3 is 10.1 Å². The molecule has 2 rings (SSSR count). The predicted octanol–water partition coefficient (Wildman–Crippen LogP) is 4.36. The quantitative estimate of drug-likeness (QED) is 0.889. The molecule has 0 aliphatic rings. The van der Waals surface area contributed by atoms with Crippen molar-refractivity contribution in [3.05, 3.63) is 40.7 Å². The minimum absolute atomic E-state index is 0.545. The molecule has 0 radical (unpaired) electrons. The topological polar surface area (TPSA) is 47.0 Å². The number of hydrogen-bond acceptors (Lipinski definition) is 4. The Balaban J connectivity index is 2.27. The molecule has 0 spiro atoms. The van der Waals surface area contributed by atoms with Crippen LogP contribution in [-0.4, -0.2) is 16.5 Å². The van der Waals surface area contributed by atoms with Gasteiger partial charge in [0, 0.05) is 11.6 Å². The number of anilines is 1. The number of hydrogen-bond donors (Lipinski definition) is 1. The molecule has 106 valence electrons. The van der Waals surface area contributed by atoms with E-state index in [1.807, 2.05) is 26.0 Å². The molecule has 0 atom stereocenters. The summed E-state index contributed by atoms with van der Waals surface area (Å²) >= 11 is 6.00. The molecule has 5 heteroatoms. The summed E-state index contributed by atoms with van der Waals surface area (Å²) in [6.07, 6.45) is 2.53. The lowest BCUT2D eigenvalue weighted by molar-refractivity contribution is 0.454. The van der Waals surface area contributed by atoms with Gasteiger partial charge in [0.05, 0.1) is 5.56 Å². The van der Waals surface area contributed by atoms with Crippen LogP contribution in [0.1, 0.15) is 24.5 Å². The minimum atomic E-state index is 0.545. The zero-order valence-electron chi connectivity index (χ0n) is 11.9. The van der Waals surface area contributed by atoms with Gasteiger partial charge in [0.15, 0.2) is 0 Å². The highest BCUT2D eigenvalue weighted by Crippen LogP contribution is 2.30. The largest absolute Gasteiger partial charge is 0.438 e. The second-order valence-corrected chi connectivity index (χ2v) is 5.03. The molecule has 1 heterocycles. The number of nitrogens with zero attached hydrogens (tertiary/aromatic N) is 2. The monoisotopic (exact) mass is 291 g/mol. The van der Waals surface area contributed by atoms with Crippen molar-refractivity contribution >= 4 is 17.4 Å². The van der Waals surface area contributed by atoms with Gasteiger partial charge in [-0.2, -0.15) is 0 Å². The highest BCUT2D eigenvalue weighted by molar-refractivity contribution is 6.30. The molecule has 0 aliphatic carbocycles. The van der Waals surface area contributed by atoms with Crippen LogP contribution < -0.4 is 10.1 Å². The van der Waals surface area contributed by atoms with E-state index in [4.69, 9.17) is 16.3 Å². The highest BCUT2D eigenvalue weighted by Gasteiger charge is 2.10. The summed E-state index contributed by atoms with van der Waals surface area (Å²) in [6.45, 7) is 6.88. The molecular weight excluding hydrogens is 274 g/mol. The summed E-state index contributed by atoms with van der Waals surface area (Å²) in [5.74, 6) is 2.06. The van der Waals surface area contributed by atoms with Crippen LogP contribution in [0.5, 0.6) is 11.6 Å². The lowest BCUT2D eigenvalue weighted by Gasteiger charge is -2.13. The standard InChI is InChI=1S/C15H18ClN3O/c1-4-7-17-14-11(3)15(19-9-18-14)20-13-8-12(16)6-5-10(13)2/h5-6,8-9H,4,7H2,1-3H3,(H,17,18,19). The summed E-state index contributed by atoms with van der Waals surface area (Å²) in [6, 6.07) is 5.55. The van der Waals surface area contributed by atoms with Crippen molar-refractivity contribution in [2.45, 2.75) is 27.2 Å². The van der Waals surface area contributed by atoms with E-state index in [-0.39, 0.29) is 0 Å². The molecule has 1 aromatic carbocycles. The van der Waals surface area contributed by atoms with Crippen molar-refractivity contribution < 1.29 is 4.74 Å². The molecule has 4 nitrogen and oxygen atoms in total. The fourth-order valence-corrected chi connectivity index (χ4v) is 1.91. The molecule has 1 N–H and O–H groups in total. The first-order valence-corrected chi connectivity index (χ1v) is 6.99.